The van der Waals surface area contributed by atoms with Gasteiger partial charge in [-0.1, -0.05) is 24.5 Å². The van der Waals surface area contributed by atoms with E-state index in [2.05, 4.69) is 36.3 Å². The van der Waals surface area contributed by atoms with Gasteiger partial charge in [0.15, 0.2) is 12.0 Å². The average Bonchev–Trinajstić information content (AvgIpc) is 3.03. The Morgan fingerprint density at radius 2 is 1.84 bits per heavy atom. The first-order chi connectivity index (χ1) is 15.0. The van der Waals surface area contributed by atoms with E-state index in [-0.39, 0.29) is 25.1 Å². The van der Waals surface area contributed by atoms with Crippen molar-refractivity contribution in [2.45, 2.75) is 71.6 Å². The largest absolute Gasteiger partial charge is 0.453 e. The quantitative estimate of drug-likeness (QED) is 0.286. The molecular weight excluding hydrogens is 406 g/mol. The average molecular weight is 436 g/mol. The number of nitrogens with zero attached hydrogens (tertiary/aromatic N) is 3. The molecule has 32 heavy (non-hydrogen) atoms. The molecule has 0 aromatic rings. The first-order valence-corrected chi connectivity index (χ1v) is 10.5. The van der Waals surface area contributed by atoms with Gasteiger partial charge in [-0.3, -0.25) is 9.69 Å². The van der Waals surface area contributed by atoms with Gasteiger partial charge < -0.3 is 9.47 Å². The lowest BCUT2D eigenvalue weighted by Gasteiger charge is -2.42. The maximum atomic E-state index is 13.0. The molecule has 0 radical (unpaired) electrons. The van der Waals surface area contributed by atoms with Crippen LogP contribution >= 0.6 is 0 Å². The highest BCUT2D eigenvalue weighted by molar-refractivity contribution is 5.71. The fourth-order valence-electron chi connectivity index (χ4n) is 4.22. The van der Waals surface area contributed by atoms with Crippen molar-refractivity contribution < 1.29 is 19.1 Å². The number of hydrogen-bond donors (Lipinski definition) is 0. The van der Waals surface area contributed by atoms with Gasteiger partial charge in [0.2, 0.25) is 0 Å². The Hall–Kier alpha value is -3.46. The summed E-state index contributed by atoms with van der Waals surface area (Å²) in [4.78, 5) is 25.6. The second kappa shape index (κ2) is 9.78. The van der Waals surface area contributed by atoms with Crippen LogP contribution in [-0.2, 0) is 14.3 Å². The second-order valence-electron chi connectivity index (χ2n) is 9.00. The van der Waals surface area contributed by atoms with Crippen LogP contribution in [0.1, 0.15) is 53.9 Å². The molecule has 0 spiro atoms. The van der Waals surface area contributed by atoms with Gasteiger partial charge in [0, 0.05) is 25.3 Å². The number of rotatable bonds is 4. The lowest BCUT2D eigenvalue weighted by atomic mass is 9.68. The van der Waals surface area contributed by atoms with Crippen LogP contribution in [0.25, 0.3) is 0 Å². The number of esters is 1. The summed E-state index contributed by atoms with van der Waals surface area (Å²) >= 11 is 0. The molecule has 0 aromatic carbocycles. The molecule has 0 saturated carbocycles. The van der Waals surface area contributed by atoms with E-state index in [9.17, 15) is 20.1 Å². The van der Waals surface area contributed by atoms with Gasteiger partial charge in [0.1, 0.15) is 5.60 Å². The molecule has 2 bridgehead atoms. The first-order valence-electron chi connectivity index (χ1n) is 10.5. The highest BCUT2D eigenvalue weighted by Gasteiger charge is 2.52. The third-order valence-corrected chi connectivity index (χ3v) is 5.61. The smallest absolute Gasteiger partial charge is 0.411 e. The molecular formula is C25H29N3O4. The first kappa shape index (κ1) is 24.8. The van der Waals surface area contributed by atoms with Crippen LogP contribution in [-0.4, -0.2) is 41.3 Å². The lowest BCUT2D eigenvalue weighted by Crippen LogP contribution is -2.51. The summed E-state index contributed by atoms with van der Waals surface area (Å²) in [5.41, 5.74) is 2.12. The summed E-state index contributed by atoms with van der Waals surface area (Å²) in [6.45, 7) is 12.2. The number of nitriles is 2. The van der Waals surface area contributed by atoms with Crippen LogP contribution in [0.5, 0.6) is 0 Å². The van der Waals surface area contributed by atoms with E-state index in [1.165, 1.54) is 6.92 Å². The maximum Gasteiger partial charge on any atom is 0.411 e. The van der Waals surface area contributed by atoms with Crippen LogP contribution in [0.3, 0.4) is 0 Å². The van der Waals surface area contributed by atoms with Crippen LogP contribution in [0.2, 0.25) is 0 Å². The topological polar surface area (TPSA) is 103 Å². The molecule has 168 valence electrons. The molecule has 2 aliphatic heterocycles. The summed E-state index contributed by atoms with van der Waals surface area (Å²) in [7, 11) is 0. The van der Waals surface area contributed by atoms with E-state index >= 15 is 0 Å². The zero-order chi connectivity index (χ0) is 24.1. The SMILES string of the molecule is C=C=C(C)C1C(C(C#N)(C#N)CC#CCOC(C)=O)=CC2CCC1N2C(=O)OC(C)(C)C. The zero-order valence-corrected chi connectivity index (χ0v) is 19.3. The molecule has 0 aliphatic carbocycles. The Bertz CT molecular complexity index is 989. The molecule has 0 N–H and O–H groups in total. The summed E-state index contributed by atoms with van der Waals surface area (Å²) in [5.74, 6) is 4.65. The summed E-state index contributed by atoms with van der Waals surface area (Å²) in [6.07, 6.45) is 2.81. The van der Waals surface area contributed by atoms with Crippen molar-refractivity contribution in [1.82, 2.24) is 4.90 Å². The molecule has 2 rings (SSSR count). The fraction of sp³-hybridized carbons (Fsp3) is 0.560. The highest BCUT2D eigenvalue weighted by atomic mass is 16.6. The van der Waals surface area contributed by atoms with Gasteiger partial charge in [0.05, 0.1) is 18.2 Å². The third kappa shape index (κ3) is 5.23. The van der Waals surface area contributed by atoms with Crippen molar-refractivity contribution >= 4 is 12.1 Å². The van der Waals surface area contributed by atoms with Crippen molar-refractivity contribution in [1.29, 1.82) is 10.5 Å². The molecule has 1 amide bonds. The number of ether oxygens (including phenoxy) is 2. The Labute approximate surface area is 190 Å². The van der Waals surface area contributed by atoms with Crippen LogP contribution in [0.4, 0.5) is 4.79 Å². The third-order valence-electron chi connectivity index (χ3n) is 5.61. The number of fused-ring (bicyclic) bond motifs is 2. The zero-order valence-electron chi connectivity index (χ0n) is 19.3. The molecule has 7 heteroatoms. The minimum absolute atomic E-state index is 0.0418. The van der Waals surface area contributed by atoms with Gasteiger partial charge in [0.25, 0.3) is 0 Å². The predicted molar refractivity (Wildman–Crippen MR) is 117 cm³/mol. The lowest BCUT2D eigenvalue weighted by molar-refractivity contribution is -0.139. The van der Waals surface area contributed by atoms with E-state index in [0.717, 1.165) is 5.57 Å². The Morgan fingerprint density at radius 1 is 1.19 bits per heavy atom. The Kier molecular flexibility index (Phi) is 7.58. The summed E-state index contributed by atoms with van der Waals surface area (Å²) < 4.78 is 10.4. The summed E-state index contributed by atoms with van der Waals surface area (Å²) in [6, 6.07) is 3.78. The molecule has 1 saturated heterocycles. The van der Waals surface area contributed by atoms with E-state index in [0.29, 0.717) is 18.4 Å². The number of amides is 1. The highest BCUT2D eigenvalue weighted by Crippen LogP contribution is 2.49. The van der Waals surface area contributed by atoms with Crippen molar-refractivity contribution in [3.8, 4) is 24.0 Å². The van der Waals surface area contributed by atoms with Gasteiger partial charge in [-0.05, 0) is 51.7 Å². The second-order valence-corrected chi connectivity index (χ2v) is 9.00. The molecule has 3 atom stereocenters. The predicted octanol–water partition coefficient (Wildman–Crippen LogP) is 4.03. The minimum Gasteiger partial charge on any atom is -0.453 e. The minimum atomic E-state index is -1.51. The maximum absolute atomic E-state index is 13.0. The molecule has 2 aliphatic rings. The van der Waals surface area contributed by atoms with Gasteiger partial charge in [-0.25, -0.2) is 4.79 Å². The van der Waals surface area contributed by atoms with Crippen LogP contribution in [0, 0.1) is 45.8 Å². The molecule has 2 heterocycles. The normalized spacial score (nSPS) is 21.7. The van der Waals surface area contributed by atoms with Crippen LogP contribution in [0.15, 0.2) is 29.5 Å². The monoisotopic (exact) mass is 435 g/mol. The molecule has 0 aromatic heterocycles. The number of hydrogen-bond acceptors (Lipinski definition) is 6. The van der Waals surface area contributed by atoms with E-state index in [4.69, 9.17) is 9.47 Å². The van der Waals surface area contributed by atoms with Crippen molar-refractivity contribution in [3.05, 3.63) is 29.5 Å². The standard InChI is InChI=1S/C25H29N3O4/c1-7-17(2)22-20(25(15-26,16-27)12-8-9-13-31-18(3)29)14-19-10-11-21(22)28(19)23(30)32-24(4,5)6/h14,19,21-22H,1,10-13H2,2-6H3. The molecule has 7 nitrogen and oxygen atoms in total. The number of carbonyl (C=O) groups excluding carboxylic acids is 2. The van der Waals surface area contributed by atoms with E-state index in [1.807, 2.05) is 33.8 Å². The molecule has 1 fully saturated rings. The van der Waals surface area contributed by atoms with Crippen molar-refractivity contribution in [2.75, 3.05) is 6.61 Å². The van der Waals surface area contributed by atoms with E-state index < -0.39 is 29.0 Å². The van der Waals surface area contributed by atoms with Gasteiger partial charge in [-0.15, -0.1) is 5.73 Å². The van der Waals surface area contributed by atoms with E-state index in [1.54, 1.807) is 4.90 Å². The van der Waals surface area contributed by atoms with Crippen molar-refractivity contribution in [2.24, 2.45) is 11.3 Å². The summed E-state index contributed by atoms with van der Waals surface area (Å²) in [5, 5.41) is 20.1. The Morgan fingerprint density at radius 3 is 2.38 bits per heavy atom. The van der Waals surface area contributed by atoms with Crippen molar-refractivity contribution in [3.63, 3.8) is 0 Å². The van der Waals surface area contributed by atoms with Gasteiger partial charge >= 0.3 is 12.1 Å². The van der Waals surface area contributed by atoms with Gasteiger partial charge in [-0.2, -0.15) is 10.5 Å². The molecule has 3 unspecified atom stereocenters. The number of carbonyl (C=O) groups is 2. The van der Waals surface area contributed by atoms with Crippen LogP contribution < -0.4 is 0 Å². The fourth-order valence-corrected chi connectivity index (χ4v) is 4.22. The Balaban J connectivity index is 2.48.